The van der Waals surface area contributed by atoms with Crippen molar-refractivity contribution in [2.24, 2.45) is 0 Å². The van der Waals surface area contributed by atoms with Gasteiger partial charge in [-0.1, -0.05) is 18.2 Å². The number of nitrogens with zero attached hydrogens (tertiary/aromatic N) is 2. The molecule has 0 bridgehead atoms. The summed E-state index contributed by atoms with van der Waals surface area (Å²) in [4.78, 5) is 25.5. The van der Waals surface area contributed by atoms with Crippen molar-refractivity contribution < 1.29 is 19.1 Å². The number of esters is 1. The summed E-state index contributed by atoms with van der Waals surface area (Å²) in [6.45, 7) is 3.83. The standard InChI is InChI=1S/C21H22N2O4/c1-5-27-21(25)19-14(2)23(18-12-11-16(26-4)13-17(18)19)22(3)20(24)15-9-7-6-8-10-15/h6-13H,5H2,1-4H3. The topological polar surface area (TPSA) is 60.8 Å². The van der Waals surface area contributed by atoms with Crippen LogP contribution < -0.4 is 9.75 Å². The van der Waals surface area contributed by atoms with Gasteiger partial charge in [-0.05, 0) is 44.2 Å². The third-order valence-electron chi connectivity index (χ3n) is 4.47. The molecule has 0 radical (unpaired) electrons. The summed E-state index contributed by atoms with van der Waals surface area (Å²) in [6.07, 6.45) is 0. The summed E-state index contributed by atoms with van der Waals surface area (Å²) in [5.74, 6) is 0.0247. The van der Waals surface area contributed by atoms with E-state index in [0.717, 1.165) is 5.52 Å². The minimum Gasteiger partial charge on any atom is -0.497 e. The Balaban J connectivity index is 2.19. The Morgan fingerprint density at radius 1 is 1.11 bits per heavy atom. The molecule has 0 aliphatic rings. The van der Waals surface area contributed by atoms with E-state index in [1.807, 2.05) is 24.3 Å². The molecule has 3 aromatic rings. The fourth-order valence-electron chi connectivity index (χ4n) is 3.21. The van der Waals surface area contributed by atoms with Crippen LogP contribution >= 0.6 is 0 Å². The Morgan fingerprint density at radius 2 is 1.81 bits per heavy atom. The zero-order valence-electron chi connectivity index (χ0n) is 15.9. The summed E-state index contributed by atoms with van der Waals surface area (Å²) < 4.78 is 12.3. The second kappa shape index (κ2) is 7.53. The third kappa shape index (κ3) is 3.26. The summed E-state index contributed by atoms with van der Waals surface area (Å²) in [7, 11) is 3.25. The largest absolute Gasteiger partial charge is 0.497 e. The monoisotopic (exact) mass is 366 g/mol. The van der Waals surface area contributed by atoms with Crippen LogP contribution in [0.15, 0.2) is 48.5 Å². The number of hydrogen-bond donors (Lipinski definition) is 0. The predicted octanol–water partition coefficient (Wildman–Crippen LogP) is 3.54. The van der Waals surface area contributed by atoms with E-state index in [1.54, 1.807) is 56.9 Å². The van der Waals surface area contributed by atoms with Crippen molar-refractivity contribution in [3.05, 3.63) is 65.4 Å². The van der Waals surface area contributed by atoms with Gasteiger partial charge in [0.1, 0.15) is 5.75 Å². The molecule has 0 N–H and O–H groups in total. The highest BCUT2D eigenvalue weighted by molar-refractivity contribution is 6.08. The van der Waals surface area contributed by atoms with E-state index >= 15 is 0 Å². The highest BCUT2D eigenvalue weighted by Crippen LogP contribution is 2.30. The minimum atomic E-state index is -0.424. The molecule has 27 heavy (non-hydrogen) atoms. The number of benzene rings is 2. The Bertz CT molecular complexity index is 992. The van der Waals surface area contributed by atoms with E-state index in [0.29, 0.717) is 28.0 Å². The van der Waals surface area contributed by atoms with Gasteiger partial charge in [-0.3, -0.25) is 9.47 Å². The molecule has 1 amide bonds. The number of amides is 1. The first kappa shape index (κ1) is 18.5. The van der Waals surface area contributed by atoms with Crippen LogP contribution in [0.5, 0.6) is 5.75 Å². The van der Waals surface area contributed by atoms with Gasteiger partial charge in [-0.25, -0.2) is 9.80 Å². The molecule has 6 nitrogen and oxygen atoms in total. The lowest BCUT2D eigenvalue weighted by Gasteiger charge is -2.22. The van der Waals surface area contributed by atoms with Crippen LogP contribution in [-0.4, -0.2) is 37.3 Å². The van der Waals surface area contributed by atoms with Gasteiger partial charge in [0, 0.05) is 18.0 Å². The van der Waals surface area contributed by atoms with Gasteiger partial charge >= 0.3 is 5.97 Å². The molecule has 0 spiro atoms. The van der Waals surface area contributed by atoms with Crippen molar-refractivity contribution in [1.29, 1.82) is 0 Å². The number of ether oxygens (including phenoxy) is 2. The molecule has 140 valence electrons. The lowest BCUT2D eigenvalue weighted by molar-refractivity contribution is 0.0527. The van der Waals surface area contributed by atoms with Gasteiger partial charge < -0.3 is 9.47 Å². The van der Waals surface area contributed by atoms with Crippen molar-refractivity contribution in [3.8, 4) is 5.75 Å². The highest BCUT2D eigenvalue weighted by atomic mass is 16.5. The first-order valence-electron chi connectivity index (χ1n) is 8.69. The number of carbonyl (C=O) groups excluding carboxylic acids is 2. The van der Waals surface area contributed by atoms with E-state index in [2.05, 4.69) is 0 Å². The maximum absolute atomic E-state index is 12.9. The van der Waals surface area contributed by atoms with Crippen molar-refractivity contribution in [2.75, 3.05) is 25.8 Å². The first-order chi connectivity index (χ1) is 13.0. The van der Waals surface area contributed by atoms with Crippen LogP contribution in [0.3, 0.4) is 0 Å². The molecule has 1 heterocycles. The quantitative estimate of drug-likeness (QED) is 0.648. The lowest BCUT2D eigenvalue weighted by atomic mass is 10.1. The van der Waals surface area contributed by atoms with Crippen LogP contribution in [-0.2, 0) is 4.74 Å². The van der Waals surface area contributed by atoms with Gasteiger partial charge in [0.15, 0.2) is 0 Å². The van der Waals surface area contributed by atoms with Crippen LogP contribution in [0.4, 0.5) is 0 Å². The molecule has 0 aliphatic heterocycles. The van der Waals surface area contributed by atoms with Crippen LogP contribution in [0.25, 0.3) is 10.9 Å². The maximum atomic E-state index is 12.9. The molecule has 0 aliphatic carbocycles. The average molecular weight is 366 g/mol. The Labute approximate surface area is 157 Å². The number of hydrogen-bond acceptors (Lipinski definition) is 4. The van der Waals surface area contributed by atoms with Gasteiger partial charge in [0.2, 0.25) is 0 Å². The number of aromatic nitrogens is 1. The number of methoxy groups -OCH3 is 1. The smallest absolute Gasteiger partial charge is 0.340 e. The van der Waals surface area contributed by atoms with E-state index in [4.69, 9.17) is 9.47 Å². The minimum absolute atomic E-state index is 0.179. The molecule has 0 atom stereocenters. The van der Waals surface area contributed by atoms with Crippen molar-refractivity contribution in [2.45, 2.75) is 13.8 Å². The van der Waals surface area contributed by atoms with Gasteiger partial charge in [0.25, 0.3) is 5.91 Å². The van der Waals surface area contributed by atoms with Gasteiger partial charge in [0.05, 0.1) is 30.5 Å². The molecule has 0 unspecified atom stereocenters. The number of rotatable bonds is 5. The predicted molar refractivity (Wildman–Crippen MR) is 104 cm³/mol. The summed E-state index contributed by atoms with van der Waals surface area (Å²) in [5, 5.41) is 2.18. The molecule has 2 aromatic carbocycles. The molecule has 6 heteroatoms. The molecular formula is C21H22N2O4. The molecule has 1 aromatic heterocycles. The highest BCUT2D eigenvalue weighted by Gasteiger charge is 2.25. The van der Waals surface area contributed by atoms with Crippen molar-refractivity contribution >= 4 is 22.8 Å². The first-order valence-corrected chi connectivity index (χ1v) is 8.69. The Morgan fingerprint density at radius 3 is 2.44 bits per heavy atom. The average Bonchev–Trinajstić information content (AvgIpc) is 2.98. The number of fused-ring (bicyclic) bond motifs is 1. The van der Waals surface area contributed by atoms with Crippen LogP contribution in [0, 0.1) is 6.92 Å². The zero-order valence-corrected chi connectivity index (χ0v) is 15.9. The maximum Gasteiger partial charge on any atom is 0.340 e. The van der Waals surface area contributed by atoms with E-state index < -0.39 is 5.97 Å². The fourth-order valence-corrected chi connectivity index (χ4v) is 3.21. The van der Waals surface area contributed by atoms with E-state index in [1.165, 1.54) is 5.01 Å². The van der Waals surface area contributed by atoms with Gasteiger partial charge in [-0.15, -0.1) is 0 Å². The SMILES string of the molecule is CCOC(=O)c1c(C)n(N(C)C(=O)c2ccccc2)c2ccc(OC)cc12. The second-order valence-corrected chi connectivity index (χ2v) is 6.07. The van der Waals surface area contributed by atoms with Crippen molar-refractivity contribution in [1.82, 2.24) is 4.68 Å². The molecular weight excluding hydrogens is 344 g/mol. The van der Waals surface area contributed by atoms with Gasteiger partial charge in [-0.2, -0.15) is 0 Å². The summed E-state index contributed by atoms with van der Waals surface area (Å²) in [6, 6.07) is 14.4. The fraction of sp³-hybridized carbons (Fsp3) is 0.238. The number of carbonyl (C=O) groups is 2. The third-order valence-corrected chi connectivity index (χ3v) is 4.47. The lowest BCUT2D eigenvalue weighted by Crippen LogP contribution is -2.37. The van der Waals surface area contributed by atoms with Crippen LogP contribution in [0.2, 0.25) is 0 Å². The summed E-state index contributed by atoms with van der Waals surface area (Å²) in [5.41, 5.74) is 2.34. The molecule has 0 saturated heterocycles. The summed E-state index contributed by atoms with van der Waals surface area (Å²) >= 11 is 0. The Kier molecular flexibility index (Phi) is 5.16. The zero-order chi connectivity index (χ0) is 19.6. The van der Waals surface area contributed by atoms with E-state index in [-0.39, 0.29) is 12.5 Å². The molecule has 0 saturated carbocycles. The van der Waals surface area contributed by atoms with Crippen molar-refractivity contribution in [3.63, 3.8) is 0 Å². The normalized spacial score (nSPS) is 10.7. The molecule has 3 rings (SSSR count). The van der Waals surface area contributed by atoms with Crippen LogP contribution in [0.1, 0.15) is 33.3 Å². The Hall–Kier alpha value is -3.28. The molecule has 0 fully saturated rings. The second-order valence-electron chi connectivity index (χ2n) is 6.07. The van der Waals surface area contributed by atoms with E-state index in [9.17, 15) is 9.59 Å².